The Kier molecular flexibility index (Phi) is 12.8. The highest BCUT2D eigenvalue weighted by Crippen LogP contribution is 2.16. The fourth-order valence-electron chi connectivity index (χ4n) is 2.96. The van der Waals surface area contributed by atoms with Crippen LogP contribution in [0.1, 0.15) is 103 Å². The summed E-state index contributed by atoms with van der Waals surface area (Å²) in [6.45, 7) is 5.01. The molecule has 0 atom stereocenters. The first-order chi connectivity index (χ1) is 11.3. The highest BCUT2D eigenvalue weighted by molar-refractivity contribution is 5.10. The Morgan fingerprint density at radius 3 is 1.61 bits per heavy atom. The molecule has 0 saturated carbocycles. The summed E-state index contributed by atoms with van der Waals surface area (Å²) in [5, 5.41) is 0. The van der Waals surface area contributed by atoms with E-state index in [4.69, 9.17) is 9.15 Å². The van der Waals surface area contributed by atoms with E-state index in [0.29, 0.717) is 5.95 Å². The summed E-state index contributed by atoms with van der Waals surface area (Å²) in [5.41, 5.74) is 0. The molecule has 0 fully saturated rings. The van der Waals surface area contributed by atoms with Crippen LogP contribution < -0.4 is 4.74 Å². The summed E-state index contributed by atoms with van der Waals surface area (Å²) in [7, 11) is 0. The average Bonchev–Trinajstić information content (AvgIpc) is 2.96. The van der Waals surface area contributed by atoms with Crippen molar-refractivity contribution in [2.75, 3.05) is 6.61 Å². The molecule has 1 aromatic heterocycles. The van der Waals surface area contributed by atoms with Crippen LogP contribution in [0, 0.1) is 6.92 Å². The Hall–Kier alpha value is -0.920. The molecule has 1 aromatic rings. The lowest BCUT2D eigenvalue weighted by Gasteiger charge is -2.04. The van der Waals surface area contributed by atoms with Crippen LogP contribution in [0.2, 0.25) is 0 Å². The second-order valence-electron chi connectivity index (χ2n) is 6.81. The fraction of sp³-hybridized carbons (Fsp3) is 0.810. The predicted molar refractivity (Wildman–Crippen MR) is 99.3 cm³/mol. The lowest BCUT2D eigenvalue weighted by molar-refractivity contribution is 0.232. The highest BCUT2D eigenvalue weighted by atomic mass is 16.6. The summed E-state index contributed by atoms with van der Waals surface area (Å²) in [6.07, 6.45) is 19.4. The van der Waals surface area contributed by atoms with Crippen LogP contribution in [-0.2, 0) is 0 Å². The van der Waals surface area contributed by atoms with E-state index in [-0.39, 0.29) is 0 Å². The number of ether oxygens (including phenoxy) is 1. The smallest absolute Gasteiger partial charge is 0.284 e. The van der Waals surface area contributed by atoms with E-state index in [1.54, 1.807) is 0 Å². The first kappa shape index (κ1) is 20.1. The normalized spacial score (nSPS) is 11.0. The van der Waals surface area contributed by atoms with Gasteiger partial charge >= 0.3 is 0 Å². The molecule has 0 radical (unpaired) electrons. The molecule has 0 aliphatic heterocycles. The van der Waals surface area contributed by atoms with E-state index in [1.807, 2.05) is 19.1 Å². The first-order valence-corrected chi connectivity index (χ1v) is 10.0. The number of rotatable bonds is 16. The standard InChI is InChI=1S/C21H38O2/c1-3-4-5-6-7-8-9-10-11-12-13-14-15-16-19-22-21-18-17-20(2)23-21/h17-18H,3-16,19H2,1-2H3. The zero-order valence-electron chi connectivity index (χ0n) is 15.6. The highest BCUT2D eigenvalue weighted by Gasteiger charge is 1.98. The molecule has 0 bridgehead atoms. The molecule has 0 spiro atoms. The van der Waals surface area contributed by atoms with Crippen molar-refractivity contribution in [1.82, 2.24) is 0 Å². The first-order valence-electron chi connectivity index (χ1n) is 10.0. The van der Waals surface area contributed by atoms with Crippen LogP contribution in [-0.4, -0.2) is 6.61 Å². The molecule has 0 saturated heterocycles. The van der Waals surface area contributed by atoms with Gasteiger partial charge in [-0.25, -0.2) is 0 Å². The lowest BCUT2D eigenvalue weighted by atomic mass is 10.0. The van der Waals surface area contributed by atoms with Crippen LogP contribution in [0.5, 0.6) is 5.95 Å². The molecule has 2 nitrogen and oxygen atoms in total. The van der Waals surface area contributed by atoms with Gasteiger partial charge in [0.2, 0.25) is 0 Å². The molecule has 0 N–H and O–H groups in total. The van der Waals surface area contributed by atoms with Gasteiger partial charge in [0.05, 0.1) is 6.61 Å². The molecule has 2 heteroatoms. The zero-order valence-corrected chi connectivity index (χ0v) is 15.6. The second kappa shape index (κ2) is 14.7. The van der Waals surface area contributed by atoms with Crippen molar-refractivity contribution in [2.24, 2.45) is 0 Å². The van der Waals surface area contributed by atoms with Crippen LogP contribution in [0.4, 0.5) is 0 Å². The molecule has 134 valence electrons. The summed E-state index contributed by atoms with van der Waals surface area (Å²) in [5.74, 6) is 1.58. The molecule has 1 rings (SSSR count). The van der Waals surface area contributed by atoms with E-state index in [1.165, 1.54) is 83.5 Å². The Labute approximate surface area is 144 Å². The maximum atomic E-state index is 5.57. The van der Waals surface area contributed by atoms with E-state index in [0.717, 1.165) is 18.8 Å². The maximum Gasteiger partial charge on any atom is 0.284 e. The minimum atomic E-state index is 0.664. The van der Waals surface area contributed by atoms with Gasteiger partial charge in [-0.15, -0.1) is 0 Å². The van der Waals surface area contributed by atoms with Gasteiger partial charge in [0.15, 0.2) is 0 Å². The van der Waals surface area contributed by atoms with Crippen molar-refractivity contribution >= 4 is 0 Å². The molecule has 0 aromatic carbocycles. The van der Waals surface area contributed by atoms with Gasteiger partial charge in [-0.2, -0.15) is 0 Å². The van der Waals surface area contributed by atoms with Crippen LogP contribution in [0.15, 0.2) is 16.5 Å². The molecule has 1 heterocycles. The topological polar surface area (TPSA) is 22.4 Å². The number of aryl methyl sites for hydroxylation is 1. The van der Waals surface area contributed by atoms with Gasteiger partial charge in [0.25, 0.3) is 5.95 Å². The SMILES string of the molecule is CCCCCCCCCCCCCCCCOc1ccc(C)o1. The van der Waals surface area contributed by atoms with Gasteiger partial charge in [-0.3, -0.25) is 0 Å². The third-order valence-corrected chi connectivity index (χ3v) is 4.46. The molecular weight excluding hydrogens is 284 g/mol. The van der Waals surface area contributed by atoms with E-state index < -0.39 is 0 Å². The monoisotopic (exact) mass is 322 g/mol. The minimum Gasteiger partial charge on any atom is -0.465 e. The molecule has 0 amide bonds. The maximum absolute atomic E-state index is 5.57. The summed E-state index contributed by atoms with van der Waals surface area (Å²) in [4.78, 5) is 0. The van der Waals surface area contributed by atoms with Crippen molar-refractivity contribution in [2.45, 2.75) is 104 Å². The number of hydrogen-bond donors (Lipinski definition) is 0. The third-order valence-electron chi connectivity index (χ3n) is 4.46. The zero-order chi connectivity index (χ0) is 16.6. The van der Waals surface area contributed by atoms with Crippen molar-refractivity contribution in [3.8, 4) is 5.95 Å². The lowest BCUT2D eigenvalue weighted by Crippen LogP contribution is -1.96. The van der Waals surface area contributed by atoms with Crippen molar-refractivity contribution in [3.05, 3.63) is 17.9 Å². The van der Waals surface area contributed by atoms with E-state index in [2.05, 4.69) is 6.92 Å². The minimum absolute atomic E-state index is 0.664. The molecule has 23 heavy (non-hydrogen) atoms. The van der Waals surface area contributed by atoms with E-state index >= 15 is 0 Å². The predicted octanol–water partition coefficient (Wildman–Crippen LogP) is 7.45. The quantitative estimate of drug-likeness (QED) is 0.295. The van der Waals surface area contributed by atoms with Crippen LogP contribution in [0.3, 0.4) is 0 Å². The third kappa shape index (κ3) is 12.2. The van der Waals surface area contributed by atoms with Gasteiger partial charge < -0.3 is 9.15 Å². The number of hydrogen-bond acceptors (Lipinski definition) is 2. The van der Waals surface area contributed by atoms with Crippen molar-refractivity contribution in [1.29, 1.82) is 0 Å². The number of unbranched alkanes of at least 4 members (excludes halogenated alkanes) is 13. The van der Waals surface area contributed by atoms with Gasteiger partial charge in [-0.05, 0) is 19.4 Å². The average molecular weight is 323 g/mol. The summed E-state index contributed by atoms with van der Waals surface area (Å²) < 4.78 is 10.9. The second-order valence-corrected chi connectivity index (χ2v) is 6.81. The van der Waals surface area contributed by atoms with Crippen LogP contribution >= 0.6 is 0 Å². The van der Waals surface area contributed by atoms with Gasteiger partial charge in [0, 0.05) is 6.07 Å². The Morgan fingerprint density at radius 2 is 1.17 bits per heavy atom. The molecular formula is C21H38O2. The van der Waals surface area contributed by atoms with Gasteiger partial charge in [-0.1, -0.05) is 90.4 Å². The Balaban J connectivity index is 1.71. The Morgan fingerprint density at radius 1 is 0.696 bits per heavy atom. The Bertz CT molecular complexity index is 356. The van der Waals surface area contributed by atoms with Crippen LogP contribution in [0.25, 0.3) is 0 Å². The molecule has 0 unspecified atom stereocenters. The molecule has 0 aliphatic carbocycles. The summed E-state index contributed by atoms with van der Waals surface area (Å²) in [6, 6.07) is 3.85. The summed E-state index contributed by atoms with van der Waals surface area (Å²) >= 11 is 0. The van der Waals surface area contributed by atoms with E-state index in [9.17, 15) is 0 Å². The largest absolute Gasteiger partial charge is 0.465 e. The number of furan rings is 1. The van der Waals surface area contributed by atoms with Crippen molar-refractivity contribution < 1.29 is 9.15 Å². The fourth-order valence-corrected chi connectivity index (χ4v) is 2.96. The van der Waals surface area contributed by atoms with Crippen molar-refractivity contribution in [3.63, 3.8) is 0 Å². The van der Waals surface area contributed by atoms with Gasteiger partial charge in [0.1, 0.15) is 5.76 Å². The molecule has 0 aliphatic rings.